The number of amides is 1. The first-order valence-electron chi connectivity index (χ1n) is 7.20. The summed E-state index contributed by atoms with van der Waals surface area (Å²) in [6.45, 7) is 6.13. The fraction of sp³-hybridized carbons (Fsp3) is 0.533. The Hall–Kier alpha value is -1.60. The van der Waals surface area contributed by atoms with Crippen LogP contribution in [0.25, 0.3) is 0 Å². The zero-order valence-corrected chi connectivity index (χ0v) is 13.9. The molecule has 22 heavy (non-hydrogen) atoms. The Bertz CT molecular complexity index is 647. The van der Waals surface area contributed by atoms with Gasteiger partial charge in [-0.2, -0.15) is 0 Å². The molecule has 1 aromatic rings. The maximum Gasteiger partial charge on any atom is 0.410 e. The first-order chi connectivity index (χ1) is 10.1. The van der Waals surface area contributed by atoms with Crippen molar-refractivity contribution < 1.29 is 17.9 Å². The molecule has 6 nitrogen and oxygen atoms in total. The van der Waals surface area contributed by atoms with E-state index in [1.807, 2.05) is 20.8 Å². The van der Waals surface area contributed by atoms with Gasteiger partial charge in [0, 0.05) is 6.54 Å². The summed E-state index contributed by atoms with van der Waals surface area (Å²) in [5.41, 5.74) is 0.345. The topological polar surface area (TPSA) is 89.7 Å². The second-order valence-electron chi connectivity index (χ2n) is 6.45. The molecule has 1 unspecified atom stereocenters. The SMILES string of the molecule is CC(C)(C)OC(=O)N1CCCC1c1ccc(S(N)(=O)=O)cc1. The van der Waals surface area contributed by atoms with Gasteiger partial charge in [-0.1, -0.05) is 12.1 Å². The summed E-state index contributed by atoms with van der Waals surface area (Å²) in [7, 11) is -3.70. The number of carbonyl (C=O) groups excluding carboxylic acids is 1. The molecule has 1 aromatic carbocycles. The summed E-state index contributed by atoms with van der Waals surface area (Å²) in [6.07, 6.45) is 1.37. The van der Waals surface area contributed by atoms with Crippen LogP contribution in [0.5, 0.6) is 0 Å². The first kappa shape index (κ1) is 16.8. The van der Waals surface area contributed by atoms with Gasteiger partial charge in [0.25, 0.3) is 0 Å². The van der Waals surface area contributed by atoms with Crippen molar-refractivity contribution in [2.45, 2.75) is 50.2 Å². The van der Waals surface area contributed by atoms with Gasteiger partial charge in [-0.15, -0.1) is 0 Å². The highest BCUT2D eigenvalue weighted by Crippen LogP contribution is 2.33. The lowest BCUT2D eigenvalue weighted by Crippen LogP contribution is -2.36. The highest BCUT2D eigenvalue weighted by molar-refractivity contribution is 7.89. The van der Waals surface area contributed by atoms with Crippen molar-refractivity contribution in [2.75, 3.05) is 6.54 Å². The largest absolute Gasteiger partial charge is 0.444 e. The van der Waals surface area contributed by atoms with Crippen molar-refractivity contribution in [3.05, 3.63) is 29.8 Å². The van der Waals surface area contributed by atoms with Crippen LogP contribution in [0, 0.1) is 0 Å². The van der Waals surface area contributed by atoms with E-state index in [-0.39, 0.29) is 17.0 Å². The van der Waals surface area contributed by atoms with Crippen LogP contribution in [0.3, 0.4) is 0 Å². The fourth-order valence-electron chi connectivity index (χ4n) is 2.53. The van der Waals surface area contributed by atoms with E-state index in [9.17, 15) is 13.2 Å². The average molecular weight is 326 g/mol. The van der Waals surface area contributed by atoms with Crippen molar-refractivity contribution in [3.8, 4) is 0 Å². The smallest absolute Gasteiger partial charge is 0.410 e. The summed E-state index contributed by atoms with van der Waals surface area (Å²) in [4.78, 5) is 14.0. The maximum absolute atomic E-state index is 12.3. The number of likely N-dealkylation sites (tertiary alicyclic amines) is 1. The van der Waals surface area contributed by atoms with E-state index >= 15 is 0 Å². The zero-order chi connectivity index (χ0) is 16.5. The lowest BCUT2D eigenvalue weighted by atomic mass is 10.1. The number of hydrogen-bond donors (Lipinski definition) is 1. The number of carbonyl (C=O) groups is 1. The molecule has 0 aliphatic carbocycles. The minimum Gasteiger partial charge on any atom is -0.444 e. The highest BCUT2D eigenvalue weighted by Gasteiger charge is 2.33. The Balaban J connectivity index is 2.19. The second-order valence-corrected chi connectivity index (χ2v) is 8.01. The third-order valence-electron chi connectivity index (χ3n) is 3.47. The molecule has 1 fully saturated rings. The third kappa shape index (κ3) is 3.98. The average Bonchev–Trinajstić information content (AvgIpc) is 2.85. The van der Waals surface area contributed by atoms with Gasteiger partial charge >= 0.3 is 6.09 Å². The Morgan fingerprint density at radius 2 is 1.86 bits per heavy atom. The van der Waals surface area contributed by atoms with E-state index in [4.69, 9.17) is 9.88 Å². The van der Waals surface area contributed by atoms with Gasteiger partial charge in [0.05, 0.1) is 10.9 Å². The predicted molar refractivity (Wildman–Crippen MR) is 82.7 cm³/mol. The molecule has 2 N–H and O–H groups in total. The lowest BCUT2D eigenvalue weighted by molar-refractivity contribution is 0.0224. The molecule has 7 heteroatoms. The van der Waals surface area contributed by atoms with Crippen LogP contribution in [0.2, 0.25) is 0 Å². The molecule has 0 bridgehead atoms. The van der Waals surface area contributed by atoms with E-state index in [0.29, 0.717) is 6.54 Å². The highest BCUT2D eigenvalue weighted by atomic mass is 32.2. The van der Waals surface area contributed by atoms with Gasteiger partial charge in [0.1, 0.15) is 5.60 Å². The van der Waals surface area contributed by atoms with E-state index in [0.717, 1.165) is 18.4 Å². The number of nitrogens with zero attached hydrogens (tertiary/aromatic N) is 1. The van der Waals surface area contributed by atoms with Crippen LogP contribution in [0.4, 0.5) is 4.79 Å². The molecule has 0 radical (unpaired) electrons. The molecule has 0 spiro atoms. The third-order valence-corrected chi connectivity index (χ3v) is 4.40. The predicted octanol–water partition coefficient (Wildman–Crippen LogP) is 2.41. The monoisotopic (exact) mass is 326 g/mol. The van der Waals surface area contributed by atoms with Gasteiger partial charge in [0.15, 0.2) is 0 Å². The van der Waals surface area contributed by atoms with Crippen molar-refractivity contribution >= 4 is 16.1 Å². The molecule has 0 saturated carbocycles. The Morgan fingerprint density at radius 1 is 1.27 bits per heavy atom. The minimum absolute atomic E-state index is 0.0677. The van der Waals surface area contributed by atoms with Gasteiger partial charge in [0.2, 0.25) is 10.0 Å². The quantitative estimate of drug-likeness (QED) is 0.903. The number of hydrogen-bond acceptors (Lipinski definition) is 4. The fourth-order valence-corrected chi connectivity index (χ4v) is 3.05. The van der Waals surface area contributed by atoms with Crippen molar-refractivity contribution in [2.24, 2.45) is 5.14 Å². The lowest BCUT2D eigenvalue weighted by Gasteiger charge is -2.28. The maximum atomic E-state index is 12.3. The molecule has 1 saturated heterocycles. The second kappa shape index (κ2) is 5.89. The molecule has 2 rings (SSSR count). The van der Waals surface area contributed by atoms with Crippen LogP contribution >= 0.6 is 0 Å². The number of primary sulfonamides is 1. The zero-order valence-electron chi connectivity index (χ0n) is 13.1. The first-order valence-corrected chi connectivity index (χ1v) is 8.75. The number of nitrogens with two attached hydrogens (primary N) is 1. The summed E-state index contributed by atoms with van der Waals surface area (Å²) < 4.78 is 28.0. The summed E-state index contributed by atoms with van der Waals surface area (Å²) >= 11 is 0. The van der Waals surface area contributed by atoms with E-state index in [1.54, 1.807) is 17.0 Å². The van der Waals surface area contributed by atoms with Crippen molar-refractivity contribution in [1.82, 2.24) is 4.90 Å². The Kier molecular flexibility index (Phi) is 4.49. The molecule has 0 aromatic heterocycles. The molecule has 1 aliphatic rings. The van der Waals surface area contributed by atoms with E-state index in [1.165, 1.54) is 12.1 Å². The van der Waals surface area contributed by atoms with Gasteiger partial charge < -0.3 is 9.64 Å². The number of benzene rings is 1. The van der Waals surface area contributed by atoms with Gasteiger partial charge in [-0.05, 0) is 51.3 Å². The van der Waals surface area contributed by atoms with Crippen LogP contribution in [-0.4, -0.2) is 31.6 Å². The van der Waals surface area contributed by atoms with E-state index in [2.05, 4.69) is 0 Å². The van der Waals surface area contributed by atoms with Crippen LogP contribution in [-0.2, 0) is 14.8 Å². The molecule has 1 atom stereocenters. The molecular formula is C15H22N2O4S. The normalized spacial score (nSPS) is 19.3. The van der Waals surface area contributed by atoms with Gasteiger partial charge in [-0.3, -0.25) is 0 Å². The van der Waals surface area contributed by atoms with E-state index < -0.39 is 15.6 Å². The summed E-state index contributed by atoms with van der Waals surface area (Å²) in [5.74, 6) is 0. The molecule has 1 amide bonds. The minimum atomic E-state index is -3.70. The molecule has 1 heterocycles. The Labute approximate surface area is 131 Å². The number of sulfonamides is 1. The van der Waals surface area contributed by atoms with Crippen LogP contribution in [0.15, 0.2) is 29.2 Å². The number of rotatable bonds is 2. The molecule has 122 valence electrons. The summed E-state index contributed by atoms with van der Waals surface area (Å²) in [6, 6.07) is 6.25. The van der Waals surface area contributed by atoms with Crippen LogP contribution in [0.1, 0.15) is 45.2 Å². The standard InChI is InChI=1S/C15H22N2O4S/c1-15(2,3)21-14(18)17-10-4-5-13(17)11-6-8-12(9-7-11)22(16,19)20/h6-9,13H,4-5,10H2,1-3H3,(H2,16,19,20). The van der Waals surface area contributed by atoms with Crippen LogP contribution < -0.4 is 5.14 Å². The van der Waals surface area contributed by atoms with Crippen molar-refractivity contribution in [1.29, 1.82) is 0 Å². The number of ether oxygens (including phenoxy) is 1. The van der Waals surface area contributed by atoms with Crippen molar-refractivity contribution in [3.63, 3.8) is 0 Å². The molecule has 1 aliphatic heterocycles. The Morgan fingerprint density at radius 3 is 2.36 bits per heavy atom. The van der Waals surface area contributed by atoms with Gasteiger partial charge in [-0.25, -0.2) is 18.4 Å². The summed E-state index contributed by atoms with van der Waals surface area (Å²) in [5, 5.41) is 5.09. The molecular weight excluding hydrogens is 304 g/mol.